The lowest BCUT2D eigenvalue weighted by atomic mass is 10.1. The maximum Gasteiger partial charge on any atom is 0.328 e. The summed E-state index contributed by atoms with van der Waals surface area (Å²) >= 11 is 0. The maximum atomic E-state index is 11.5. The van der Waals surface area contributed by atoms with Gasteiger partial charge >= 0.3 is 12.0 Å². The van der Waals surface area contributed by atoms with E-state index in [1.165, 1.54) is 6.08 Å². The van der Waals surface area contributed by atoms with Crippen molar-refractivity contribution in [2.75, 3.05) is 11.9 Å². The highest BCUT2D eigenvalue weighted by Gasteiger charge is 2.02. The maximum absolute atomic E-state index is 11.5. The molecule has 0 aromatic heterocycles. The van der Waals surface area contributed by atoms with Crippen LogP contribution in [0.2, 0.25) is 0 Å². The van der Waals surface area contributed by atoms with Crippen molar-refractivity contribution in [3.05, 3.63) is 35.4 Å². The normalized spacial score (nSPS) is 10.4. The molecule has 0 saturated carbocycles. The van der Waals surface area contributed by atoms with E-state index >= 15 is 0 Å². The second kappa shape index (κ2) is 7.20. The Labute approximate surface area is 112 Å². The Bertz CT molecular complexity index is 495. The van der Waals surface area contributed by atoms with Crippen molar-refractivity contribution in [3.8, 4) is 0 Å². The van der Waals surface area contributed by atoms with Crippen molar-refractivity contribution in [3.63, 3.8) is 0 Å². The molecule has 5 nitrogen and oxygen atoms in total. The number of anilines is 1. The minimum atomic E-state index is -1.00. The highest BCUT2D eigenvalue weighted by molar-refractivity contribution is 5.90. The quantitative estimate of drug-likeness (QED) is 0.714. The third-order valence-corrected chi connectivity index (χ3v) is 2.48. The van der Waals surface area contributed by atoms with Gasteiger partial charge in [0.05, 0.1) is 0 Å². The SMILES string of the molecule is CCCNC(=O)Nc1ccc(C)c(C=CC(=O)O)c1. The molecule has 0 saturated heterocycles. The zero-order valence-electron chi connectivity index (χ0n) is 11.1. The lowest BCUT2D eigenvalue weighted by Gasteiger charge is -2.08. The third kappa shape index (κ3) is 5.25. The molecule has 0 aliphatic rings. The lowest BCUT2D eigenvalue weighted by molar-refractivity contribution is -0.131. The molecule has 2 amide bonds. The van der Waals surface area contributed by atoms with Crippen LogP contribution < -0.4 is 10.6 Å². The summed E-state index contributed by atoms with van der Waals surface area (Å²) in [7, 11) is 0. The van der Waals surface area contributed by atoms with Crippen molar-refractivity contribution in [2.24, 2.45) is 0 Å². The van der Waals surface area contributed by atoms with Gasteiger partial charge in [-0.05, 0) is 42.7 Å². The van der Waals surface area contributed by atoms with Crippen LogP contribution in [0.1, 0.15) is 24.5 Å². The average molecular weight is 262 g/mol. The van der Waals surface area contributed by atoms with E-state index in [4.69, 9.17) is 5.11 Å². The van der Waals surface area contributed by atoms with E-state index in [9.17, 15) is 9.59 Å². The predicted octanol–water partition coefficient (Wildman–Crippen LogP) is 2.62. The Morgan fingerprint density at radius 1 is 1.37 bits per heavy atom. The zero-order chi connectivity index (χ0) is 14.3. The van der Waals surface area contributed by atoms with Gasteiger partial charge in [0.1, 0.15) is 0 Å². The summed E-state index contributed by atoms with van der Waals surface area (Å²) in [6.45, 7) is 4.47. The van der Waals surface area contributed by atoms with Crippen molar-refractivity contribution >= 4 is 23.8 Å². The molecular weight excluding hydrogens is 244 g/mol. The first-order valence-corrected chi connectivity index (χ1v) is 6.09. The Hall–Kier alpha value is -2.30. The molecule has 0 spiro atoms. The molecule has 102 valence electrons. The molecule has 19 heavy (non-hydrogen) atoms. The van der Waals surface area contributed by atoms with E-state index in [1.54, 1.807) is 12.1 Å². The molecular formula is C14H18N2O3. The van der Waals surface area contributed by atoms with E-state index in [2.05, 4.69) is 10.6 Å². The Balaban J connectivity index is 2.78. The van der Waals surface area contributed by atoms with Gasteiger partial charge < -0.3 is 15.7 Å². The molecule has 0 aliphatic carbocycles. The van der Waals surface area contributed by atoms with Crippen LogP contribution >= 0.6 is 0 Å². The fourth-order valence-electron chi connectivity index (χ4n) is 1.47. The predicted molar refractivity (Wildman–Crippen MR) is 75.2 cm³/mol. The van der Waals surface area contributed by atoms with Crippen molar-refractivity contribution < 1.29 is 14.7 Å². The molecule has 5 heteroatoms. The van der Waals surface area contributed by atoms with E-state index < -0.39 is 5.97 Å². The smallest absolute Gasteiger partial charge is 0.328 e. The summed E-state index contributed by atoms with van der Waals surface area (Å²) in [5.41, 5.74) is 2.33. The molecule has 0 unspecified atom stereocenters. The minimum absolute atomic E-state index is 0.265. The van der Waals surface area contributed by atoms with E-state index in [1.807, 2.05) is 19.9 Å². The third-order valence-electron chi connectivity index (χ3n) is 2.48. The van der Waals surface area contributed by atoms with Crippen LogP contribution in [-0.2, 0) is 4.79 Å². The van der Waals surface area contributed by atoms with Crippen LogP contribution in [0, 0.1) is 6.92 Å². The number of hydrogen-bond donors (Lipinski definition) is 3. The number of carbonyl (C=O) groups excluding carboxylic acids is 1. The number of nitrogens with one attached hydrogen (secondary N) is 2. The summed E-state index contributed by atoms with van der Waals surface area (Å²) < 4.78 is 0. The van der Waals surface area contributed by atoms with Crippen molar-refractivity contribution in [2.45, 2.75) is 20.3 Å². The van der Waals surface area contributed by atoms with Crippen LogP contribution in [0.4, 0.5) is 10.5 Å². The summed E-state index contributed by atoms with van der Waals surface area (Å²) in [6.07, 6.45) is 3.45. The van der Waals surface area contributed by atoms with Gasteiger partial charge in [0, 0.05) is 18.3 Å². The van der Waals surface area contributed by atoms with Gasteiger partial charge in [-0.3, -0.25) is 0 Å². The van der Waals surface area contributed by atoms with Crippen LogP contribution in [0.5, 0.6) is 0 Å². The monoisotopic (exact) mass is 262 g/mol. The van der Waals surface area contributed by atoms with Gasteiger partial charge in [-0.25, -0.2) is 9.59 Å². The number of carboxylic acid groups (broad SMARTS) is 1. The number of urea groups is 1. The number of benzene rings is 1. The average Bonchev–Trinajstić information content (AvgIpc) is 2.37. The highest BCUT2D eigenvalue weighted by atomic mass is 16.4. The molecule has 0 aliphatic heterocycles. The number of hydrogen-bond acceptors (Lipinski definition) is 2. The van der Waals surface area contributed by atoms with E-state index in [0.717, 1.165) is 23.6 Å². The fourth-order valence-corrected chi connectivity index (χ4v) is 1.47. The van der Waals surface area contributed by atoms with Crippen molar-refractivity contribution in [1.29, 1.82) is 0 Å². The molecule has 0 bridgehead atoms. The molecule has 0 heterocycles. The van der Waals surface area contributed by atoms with E-state index in [-0.39, 0.29) is 6.03 Å². The second-order valence-corrected chi connectivity index (χ2v) is 4.12. The highest BCUT2D eigenvalue weighted by Crippen LogP contribution is 2.16. The Kier molecular flexibility index (Phi) is 5.60. The molecule has 0 fully saturated rings. The van der Waals surface area contributed by atoms with Gasteiger partial charge in [-0.15, -0.1) is 0 Å². The molecule has 3 N–H and O–H groups in total. The first-order valence-electron chi connectivity index (χ1n) is 6.09. The number of aliphatic carboxylic acids is 1. The number of rotatable bonds is 5. The molecule has 0 radical (unpaired) electrons. The van der Waals surface area contributed by atoms with Crippen LogP contribution in [0.15, 0.2) is 24.3 Å². The number of carboxylic acids is 1. The van der Waals surface area contributed by atoms with E-state index in [0.29, 0.717) is 12.2 Å². The van der Waals surface area contributed by atoms with Gasteiger partial charge in [0.15, 0.2) is 0 Å². The fraction of sp³-hybridized carbons (Fsp3) is 0.286. The van der Waals surface area contributed by atoms with Crippen LogP contribution in [0.3, 0.4) is 0 Å². The van der Waals surface area contributed by atoms with Gasteiger partial charge in [-0.1, -0.05) is 13.0 Å². The zero-order valence-corrected chi connectivity index (χ0v) is 11.1. The summed E-state index contributed by atoms with van der Waals surface area (Å²) in [6, 6.07) is 5.08. The standard InChI is InChI=1S/C14H18N2O3/c1-3-8-15-14(19)16-12-6-4-10(2)11(9-12)5-7-13(17)18/h4-7,9H,3,8H2,1-2H3,(H,17,18)(H2,15,16,19). The van der Waals surface area contributed by atoms with Gasteiger partial charge in [0.25, 0.3) is 0 Å². The lowest BCUT2D eigenvalue weighted by Crippen LogP contribution is -2.29. The summed E-state index contributed by atoms with van der Waals surface area (Å²) in [5.74, 6) is -1.00. The first kappa shape index (κ1) is 14.8. The second-order valence-electron chi connectivity index (χ2n) is 4.12. The Morgan fingerprint density at radius 2 is 2.11 bits per heavy atom. The summed E-state index contributed by atoms with van der Waals surface area (Å²) in [4.78, 5) is 22.0. The molecule has 1 rings (SSSR count). The number of carbonyl (C=O) groups is 2. The van der Waals surface area contributed by atoms with Gasteiger partial charge in [-0.2, -0.15) is 0 Å². The number of aryl methyl sites for hydroxylation is 1. The number of amides is 2. The van der Waals surface area contributed by atoms with Gasteiger partial charge in [0.2, 0.25) is 0 Å². The topological polar surface area (TPSA) is 78.4 Å². The first-order chi connectivity index (χ1) is 9.02. The van der Waals surface area contributed by atoms with Crippen LogP contribution in [-0.4, -0.2) is 23.7 Å². The molecule has 0 atom stereocenters. The minimum Gasteiger partial charge on any atom is -0.478 e. The molecule has 1 aromatic rings. The Morgan fingerprint density at radius 3 is 2.74 bits per heavy atom. The van der Waals surface area contributed by atoms with Crippen LogP contribution in [0.25, 0.3) is 6.08 Å². The largest absolute Gasteiger partial charge is 0.478 e. The molecule has 1 aromatic carbocycles. The van der Waals surface area contributed by atoms with Crippen molar-refractivity contribution in [1.82, 2.24) is 5.32 Å². The summed E-state index contributed by atoms with van der Waals surface area (Å²) in [5, 5.41) is 14.0.